The number of benzene rings is 1. The van der Waals surface area contributed by atoms with Crippen LogP contribution in [0.1, 0.15) is 25.3 Å². The van der Waals surface area contributed by atoms with Gasteiger partial charge in [0.15, 0.2) is 0 Å². The largest absolute Gasteiger partial charge is 0.492 e. The molecule has 23 heavy (non-hydrogen) atoms. The fourth-order valence-corrected chi connectivity index (χ4v) is 3.60. The Bertz CT molecular complexity index is 634. The van der Waals surface area contributed by atoms with E-state index >= 15 is 0 Å². The molecule has 0 unspecified atom stereocenters. The molecule has 2 heterocycles. The molecular weight excluding hydrogens is 316 g/mol. The maximum absolute atomic E-state index is 12.9. The molecule has 2 aliphatic heterocycles. The number of piperidine rings is 1. The third-order valence-corrected chi connectivity index (χ3v) is 5.08. The van der Waals surface area contributed by atoms with Gasteiger partial charge in [-0.25, -0.2) is 0 Å². The summed E-state index contributed by atoms with van der Waals surface area (Å²) in [6.07, 6.45) is 2.16. The second-order valence-electron chi connectivity index (χ2n) is 6.48. The maximum Gasteiger partial charge on any atom is 0.229 e. The van der Waals surface area contributed by atoms with E-state index in [1.54, 1.807) is 11.0 Å². The molecular formula is C17H21ClN2O3. The van der Waals surface area contributed by atoms with Crippen LogP contribution in [-0.2, 0) is 16.0 Å². The number of amides is 2. The zero-order valence-corrected chi connectivity index (χ0v) is 13.9. The predicted octanol–water partition coefficient (Wildman–Crippen LogP) is 2.00. The van der Waals surface area contributed by atoms with Gasteiger partial charge < -0.3 is 15.4 Å². The van der Waals surface area contributed by atoms with Crippen LogP contribution in [0.2, 0.25) is 5.02 Å². The Balaban J connectivity index is 1.74. The lowest BCUT2D eigenvalue weighted by Gasteiger charge is -2.39. The fourth-order valence-electron chi connectivity index (χ4n) is 3.40. The SMILES string of the molecule is C[C@@H]1CC[C@H](C(N)=O)CN1C(=O)[C@H]1COc2ccc(Cl)cc2C1. The van der Waals surface area contributed by atoms with Crippen molar-refractivity contribution in [2.24, 2.45) is 17.6 Å². The summed E-state index contributed by atoms with van der Waals surface area (Å²) in [5.41, 5.74) is 6.37. The van der Waals surface area contributed by atoms with E-state index in [1.807, 2.05) is 19.1 Å². The van der Waals surface area contributed by atoms with E-state index in [9.17, 15) is 9.59 Å². The van der Waals surface area contributed by atoms with E-state index < -0.39 is 0 Å². The number of fused-ring (bicyclic) bond motifs is 1. The Hall–Kier alpha value is -1.75. The van der Waals surface area contributed by atoms with Crippen LogP contribution in [0.25, 0.3) is 0 Å². The van der Waals surface area contributed by atoms with E-state index in [1.165, 1.54) is 0 Å². The van der Waals surface area contributed by atoms with Crippen LogP contribution < -0.4 is 10.5 Å². The average Bonchev–Trinajstić information content (AvgIpc) is 2.53. The number of hydrogen-bond acceptors (Lipinski definition) is 3. The molecule has 2 aliphatic rings. The minimum atomic E-state index is -0.327. The minimum absolute atomic E-state index is 0.0362. The van der Waals surface area contributed by atoms with Gasteiger partial charge in [-0.15, -0.1) is 0 Å². The quantitative estimate of drug-likeness (QED) is 0.897. The molecule has 3 rings (SSSR count). The second kappa shape index (κ2) is 6.40. The Morgan fingerprint density at radius 1 is 1.30 bits per heavy atom. The summed E-state index contributed by atoms with van der Waals surface area (Å²) in [6, 6.07) is 5.60. The van der Waals surface area contributed by atoms with Gasteiger partial charge in [0.2, 0.25) is 11.8 Å². The lowest BCUT2D eigenvalue weighted by atomic mass is 9.89. The number of rotatable bonds is 2. The molecule has 1 aromatic rings. The van der Waals surface area contributed by atoms with Crippen molar-refractivity contribution in [3.8, 4) is 5.75 Å². The topological polar surface area (TPSA) is 72.6 Å². The first kappa shape index (κ1) is 16.1. The first-order valence-electron chi connectivity index (χ1n) is 7.96. The number of carbonyl (C=O) groups is 2. The summed E-state index contributed by atoms with van der Waals surface area (Å²) < 4.78 is 5.71. The third kappa shape index (κ3) is 3.29. The van der Waals surface area contributed by atoms with Crippen molar-refractivity contribution < 1.29 is 14.3 Å². The molecule has 3 atom stereocenters. The number of nitrogens with zero attached hydrogens (tertiary/aromatic N) is 1. The summed E-state index contributed by atoms with van der Waals surface area (Å²) in [6.45, 7) is 2.79. The van der Waals surface area contributed by atoms with E-state index in [4.69, 9.17) is 22.1 Å². The molecule has 1 fully saturated rings. The molecule has 2 amide bonds. The third-order valence-electron chi connectivity index (χ3n) is 4.85. The van der Waals surface area contributed by atoms with E-state index in [-0.39, 0.29) is 29.7 Å². The second-order valence-corrected chi connectivity index (χ2v) is 6.92. The van der Waals surface area contributed by atoms with Gasteiger partial charge in [0.1, 0.15) is 12.4 Å². The zero-order valence-electron chi connectivity index (χ0n) is 13.1. The van der Waals surface area contributed by atoms with Crippen LogP contribution in [0.3, 0.4) is 0 Å². The van der Waals surface area contributed by atoms with Crippen molar-refractivity contribution in [2.45, 2.75) is 32.2 Å². The Kier molecular flexibility index (Phi) is 4.48. The smallest absolute Gasteiger partial charge is 0.229 e. The van der Waals surface area contributed by atoms with Crippen LogP contribution in [-0.4, -0.2) is 35.9 Å². The highest BCUT2D eigenvalue weighted by Gasteiger charge is 2.36. The highest BCUT2D eigenvalue weighted by Crippen LogP contribution is 2.32. The number of ether oxygens (including phenoxy) is 1. The fraction of sp³-hybridized carbons (Fsp3) is 0.529. The molecule has 0 spiro atoms. The molecule has 124 valence electrons. The van der Waals surface area contributed by atoms with Crippen LogP contribution in [0.5, 0.6) is 5.75 Å². The van der Waals surface area contributed by atoms with E-state index in [0.29, 0.717) is 24.6 Å². The van der Waals surface area contributed by atoms with Crippen LogP contribution >= 0.6 is 11.6 Å². The lowest BCUT2D eigenvalue weighted by molar-refractivity contribution is -0.142. The normalized spacial score (nSPS) is 27.0. The predicted molar refractivity (Wildman–Crippen MR) is 87.2 cm³/mol. The van der Waals surface area contributed by atoms with Gasteiger partial charge in [-0.2, -0.15) is 0 Å². The molecule has 0 bridgehead atoms. The maximum atomic E-state index is 12.9. The number of halogens is 1. The van der Waals surface area contributed by atoms with Crippen LogP contribution in [0, 0.1) is 11.8 Å². The summed E-state index contributed by atoms with van der Waals surface area (Å²) in [4.78, 5) is 26.1. The molecule has 0 aromatic heterocycles. The van der Waals surface area contributed by atoms with E-state index in [0.717, 1.165) is 24.2 Å². The van der Waals surface area contributed by atoms with Crippen LogP contribution in [0.4, 0.5) is 0 Å². The van der Waals surface area contributed by atoms with Gasteiger partial charge >= 0.3 is 0 Å². The van der Waals surface area contributed by atoms with Gasteiger partial charge in [0.05, 0.1) is 11.8 Å². The van der Waals surface area contributed by atoms with Gasteiger partial charge in [0.25, 0.3) is 0 Å². The molecule has 2 N–H and O–H groups in total. The van der Waals surface area contributed by atoms with Gasteiger partial charge in [-0.3, -0.25) is 9.59 Å². The van der Waals surface area contributed by atoms with Crippen LogP contribution in [0.15, 0.2) is 18.2 Å². The minimum Gasteiger partial charge on any atom is -0.492 e. The molecule has 6 heteroatoms. The Labute approximate surface area is 140 Å². The summed E-state index contributed by atoms with van der Waals surface area (Å²) in [5, 5.41) is 0.639. The van der Waals surface area contributed by atoms with Crippen molar-refractivity contribution in [1.82, 2.24) is 4.90 Å². The average molecular weight is 337 g/mol. The number of primary amides is 1. The number of nitrogens with two attached hydrogens (primary N) is 1. The van der Waals surface area contributed by atoms with Crippen molar-refractivity contribution in [3.63, 3.8) is 0 Å². The van der Waals surface area contributed by atoms with Crippen molar-refractivity contribution in [3.05, 3.63) is 28.8 Å². The number of likely N-dealkylation sites (tertiary alicyclic amines) is 1. The molecule has 5 nitrogen and oxygen atoms in total. The molecule has 1 aromatic carbocycles. The monoisotopic (exact) mass is 336 g/mol. The summed E-state index contributed by atoms with van der Waals surface area (Å²) in [5.74, 6) is 0.0115. The van der Waals surface area contributed by atoms with E-state index in [2.05, 4.69) is 0 Å². The first-order valence-corrected chi connectivity index (χ1v) is 8.34. The molecule has 0 saturated carbocycles. The molecule has 1 saturated heterocycles. The van der Waals surface area contributed by atoms with Crippen molar-refractivity contribution in [2.75, 3.05) is 13.2 Å². The van der Waals surface area contributed by atoms with Gasteiger partial charge in [-0.05, 0) is 49.9 Å². The van der Waals surface area contributed by atoms with Crippen molar-refractivity contribution >= 4 is 23.4 Å². The zero-order chi connectivity index (χ0) is 16.6. The van der Waals surface area contributed by atoms with Crippen molar-refractivity contribution in [1.29, 1.82) is 0 Å². The summed E-state index contributed by atoms with van der Waals surface area (Å²) in [7, 11) is 0. The Morgan fingerprint density at radius 3 is 2.83 bits per heavy atom. The number of hydrogen-bond donors (Lipinski definition) is 1. The summed E-state index contributed by atoms with van der Waals surface area (Å²) >= 11 is 6.03. The highest BCUT2D eigenvalue weighted by atomic mass is 35.5. The molecule has 0 radical (unpaired) electrons. The lowest BCUT2D eigenvalue weighted by Crippen LogP contribution is -2.51. The number of carbonyl (C=O) groups excluding carboxylic acids is 2. The standard InChI is InChI=1S/C17H21ClN2O3/c1-10-2-3-11(16(19)21)8-20(10)17(22)13-6-12-7-14(18)4-5-15(12)23-9-13/h4-5,7,10-11,13H,2-3,6,8-9H2,1H3,(H2,19,21)/t10-,11+,13-/m1/s1. The Morgan fingerprint density at radius 2 is 2.09 bits per heavy atom. The van der Waals surface area contributed by atoms with Gasteiger partial charge in [-0.1, -0.05) is 11.6 Å². The van der Waals surface area contributed by atoms with Gasteiger partial charge in [0, 0.05) is 17.6 Å². The first-order chi connectivity index (χ1) is 11.0. The highest BCUT2D eigenvalue weighted by molar-refractivity contribution is 6.30. The molecule has 0 aliphatic carbocycles.